The van der Waals surface area contributed by atoms with Crippen molar-refractivity contribution in [1.82, 2.24) is 4.98 Å². The Labute approximate surface area is 106 Å². The number of esters is 1. The highest BCUT2D eigenvalue weighted by atomic mass is 16.6. The summed E-state index contributed by atoms with van der Waals surface area (Å²) in [5.74, 6) is -0.534. The molecular weight excluding hydrogens is 236 g/mol. The molecule has 0 radical (unpaired) electrons. The molecule has 6 heteroatoms. The molecule has 0 unspecified atom stereocenters. The number of anilines is 1. The van der Waals surface area contributed by atoms with Gasteiger partial charge < -0.3 is 19.9 Å². The topological polar surface area (TPSA) is 83.7 Å². The van der Waals surface area contributed by atoms with Crippen molar-refractivity contribution in [1.29, 1.82) is 0 Å². The standard InChI is InChI=1S/C12H18N2O4/c1-16-6-3-7-17-8-9-18-12(15)11-10(13)4-2-5-14-11/h2,4-5H,3,6-9,13H2,1H3. The quantitative estimate of drug-likeness (QED) is 0.547. The number of pyridine rings is 1. The van der Waals surface area contributed by atoms with Crippen LogP contribution < -0.4 is 5.73 Å². The average molecular weight is 254 g/mol. The second-order valence-corrected chi connectivity index (χ2v) is 3.54. The van der Waals surface area contributed by atoms with E-state index in [1.54, 1.807) is 19.2 Å². The predicted molar refractivity (Wildman–Crippen MR) is 66.2 cm³/mol. The fourth-order valence-electron chi connectivity index (χ4n) is 1.26. The molecule has 100 valence electrons. The smallest absolute Gasteiger partial charge is 0.359 e. The first-order chi connectivity index (χ1) is 8.75. The number of carbonyl (C=O) groups excluding carboxylic acids is 1. The zero-order chi connectivity index (χ0) is 13.2. The first-order valence-electron chi connectivity index (χ1n) is 5.70. The Morgan fingerprint density at radius 2 is 2.17 bits per heavy atom. The minimum absolute atomic E-state index is 0.136. The lowest BCUT2D eigenvalue weighted by Gasteiger charge is -2.06. The minimum Gasteiger partial charge on any atom is -0.458 e. The Kier molecular flexibility index (Phi) is 6.75. The molecule has 0 spiro atoms. The highest BCUT2D eigenvalue weighted by Crippen LogP contribution is 2.07. The molecular formula is C12H18N2O4. The molecule has 0 bridgehead atoms. The van der Waals surface area contributed by atoms with Gasteiger partial charge in [0.15, 0.2) is 5.69 Å². The Bertz CT molecular complexity index is 371. The maximum atomic E-state index is 11.6. The third-order valence-electron chi connectivity index (χ3n) is 2.13. The molecule has 1 rings (SSSR count). The van der Waals surface area contributed by atoms with Crippen LogP contribution in [-0.4, -0.2) is 44.5 Å². The van der Waals surface area contributed by atoms with E-state index in [4.69, 9.17) is 19.9 Å². The summed E-state index contributed by atoms with van der Waals surface area (Å²) in [7, 11) is 1.64. The van der Waals surface area contributed by atoms with Crippen molar-refractivity contribution in [2.24, 2.45) is 0 Å². The van der Waals surface area contributed by atoms with Crippen molar-refractivity contribution in [2.75, 3.05) is 39.3 Å². The van der Waals surface area contributed by atoms with Crippen LogP contribution in [0, 0.1) is 0 Å². The normalized spacial score (nSPS) is 10.3. The molecule has 1 aromatic heterocycles. The summed E-state index contributed by atoms with van der Waals surface area (Å²) in [4.78, 5) is 15.4. The third-order valence-corrected chi connectivity index (χ3v) is 2.13. The summed E-state index contributed by atoms with van der Waals surface area (Å²) >= 11 is 0. The lowest BCUT2D eigenvalue weighted by Crippen LogP contribution is -2.14. The monoisotopic (exact) mass is 254 g/mol. The van der Waals surface area contributed by atoms with Crippen LogP contribution in [0.25, 0.3) is 0 Å². The summed E-state index contributed by atoms with van der Waals surface area (Å²) in [6.45, 7) is 1.77. The molecule has 0 aliphatic heterocycles. The van der Waals surface area contributed by atoms with Crippen molar-refractivity contribution in [3.05, 3.63) is 24.0 Å². The van der Waals surface area contributed by atoms with Gasteiger partial charge in [-0.05, 0) is 18.6 Å². The first-order valence-corrected chi connectivity index (χ1v) is 5.70. The van der Waals surface area contributed by atoms with Crippen molar-refractivity contribution in [2.45, 2.75) is 6.42 Å². The molecule has 6 nitrogen and oxygen atoms in total. The minimum atomic E-state index is -0.534. The number of nitrogens with two attached hydrogens (primary N) is 1. The zero-order valence-corrected chi connectivity index (χ0v) is 10.4. The first kappa shape index (κ1) is 14.4. The molecule has 2 N–H and O–H groups in total. The van der Waals surface area contributed by atoms with E-state index in [2.05, 4.69) is 4.98 Å². The summed E-state index contributed by atoms with van der Waals surface area (Å²) in [6, 6.07) is 3.26. The number of rotatable bonds is 8. The zero-order valence-electron chi connectivity index (χ0n) is 10.4. The van der Waals surface area contributed by atoms with Gasteiger partial charge in [-0.25, -0.2) is 9.78 Å². The van der Waals surface area contributed by atoms with Gasteiger partial charge in [-0.15, -0.1) is 0 Å². The van der Waals surface area contributed by atoms with Gasteiger partial charge >= 0.3 is 5.97 Å². The van der Waals surface area contributed by atoms with Crippen molar-refractivity contribution >= 4 is 11.7 Å². The van der Waals surface area contributed by atoms with Gasteiger partial charge in [0.1, 0.15) is 6.61 Å². The highest BCUT2D eigenvalue weighted by molar-refractivity contribution is 5.92. The van der Waals surface area contributed by atoms with Crippen LogP contribution >= 0.6 is 0 Å². The molecule has 0 aliphatic carbocycles. The second-order valence-electron chi connectivity index (χ2n) is 3.54. The molecule has 0 amide bonds. The fraction of sp³-hybridized carbons (Fsp3) is 0.500. The SMILES string of the molecule is COCCCOCCOC(=O)c1ncccc1N. The van der Waals surface area contributed by atoms with Gasteiger partial charge in [-0.2, -0.15) is 0 Å². The van der Waals surface area contributed by atoms with E-state index in [0.717, 1.165) is 6.42 Å². The van der Waals surface area contributed by atoms with Crippen LogP contribution in [0.3, 0.4) is 0 Å². The predicted octanol–water partition coefficient (Wildman–Crippen LogP) is 0.874. The number of nitrogens with zero attached hydrogens (tertiary/aromatic N) is 1. The largest absolute Gasteiger partial charge is 0.458 e. The number of carbonyl (C=O) groups is 1. The summed E-state index contributed by atoms with van der Waals surface area (Å²) in [6.07, 6.45) is 2.31. The lowest BCUT2D eigenvalue weighted by molar-refractivity contribution is 0.0284. The van der Waals surface area contributed by atoms with Crippen LogP contribution in [-0.2, 0) is 14.2 Å². The van der Waals surface area contributed by atoms with Gasteiger partial charge in [-0.1, -0.05) is 0 Å². The molecule has 0 aliphatic rings. The Balaban J connectivity index is 2.16. The van der Waals surface area contributed by atoms with E-state index < -0.39 is 5.97 Å². The van der Waals surface area contributed by atoms with Gasteiger partial charge in [0, 0.05) is 26.5 Å². The number of aromatic nitrogens is 1. The van der Waals surface area contributed by atoms with Gasteiger partial charge in [-0.3, -0.25) is 0 Å². The molecule has 1 aromatic rings. The molecule has 0 saturated carbocycles. The van der Waals surface area contributed by atoms with Gasteiger partial charge in [0.05, 0.1) is 12.3 Å². The number of hydrogen-bond acceptors (Lipinski definition) is 6. The molecule has 1 heterocycles. The van der Waals surface area contributed by atoms with Gasteiger partial charge in [0.25, 0.3) is 0 Å². The van der Waals surface area contributed by atoms with Crippen LogP contribution in [0.5, 0.6) is 0 Å². The number of ether oxygens (including phenoxy) is 3. The fourth-order valence-corrected chi connectivity index (χ4v) is 1.26. The van der Waals surface area contributed by atoms with E-state index in [1.165, 1.54) is 6.20 Å². The molecule has 18 heavy (non-hydrogen) atoms. The van der Waals surface area contributed by atoms with Crippen LogP contribution in [0.15, 0.2) is 18.3 Å². The van der Waals surface area contributed by atoms with Crippen LogP contribution in [0.4, 0.5) is 5.69 Å². The number of nitrogen functional groups attached to an aromatic ring is 1. The highest BCUT2D eigenvalue weighted by Gasteiger charge is 2.11. The lowest BCUT2D eigenvalue weighted by atomic mass is 10.3. The van der Waals surface area contributed by atoms with Crippen LogP contribution in [0.1, 0.15) is 16.9 Å². The summed E-state index contributed by atoms with van der Waals surface area (Å²) in [5.41, 5.74) is 6.04. The van der Waals surface area contributed by atoms with Gasteiger partial charge in [0.2, 0.25) is 0 Å². The third kappa shape index (κ3) is 5.11. The van der Waals surface area contributed by atoms with Crippen molar-refractivity contribution in [3.63, 3.8) is 0 Å². The Morgan fingerprint density at radius 3 is 2.89 bits per heavy atom. The van der Waals surface area contributed by atoms with E-state index in [-0.39, 0.29) is 12.3 Å². The maximum Gasteiger partial charge on any atom is 0.359 e. The second kappa shape index (κ2) is 8.43. The molecule has 0 saturated heterocycles. The van der Waals surface area contributed by atoms with Crippen LogP contribution in [0.2, 0.25) is 0 Å². The van der Waals surface area contributed by atoms with E-state index in [1.807, 2.05) is 0 Å². The average Bonchev–Trinajstić information content (AvgIpc) is 2.38. The molecule has 0 atom stereocenters. The van der Waals surface area contributed by atoms with E-state index in [0.29, 0.717) is 25.5 Å². The summed E-state index contributed by atoms with van der Waals surface area (Å²) < 4.78 is 15.1. The van der Waals surface area contributed by atoms with E-state index in [9.17, 15) is 4.79 Å². The molecule has 0 aromatic carbocycles. The van der Waals surface area contributed by atoms with Crippen molar-refractivity contribution in [3.8, 4) is 0 Å². The maximum absolute atomic E-state index is 11.6. The number of methoxy groups -OCH3 is 1. The summed E-state index contributed by atoms with van der Waals surface area (Å²) in [5, 5.41) is 0. The van der Waals surface area contributed by atoms with E-state index >= 15 is 0 Å². The Morgan fingerprint density at radius 1 is 1.33 bits per heavy atom. The Hall–Kier alpha value is -1.66. The van der Waals surface area contributed by atoms with Crippen molar-refractivity contribution < 1.29 is 19.0 Å². The number of hydrogen-bond donors (Lipinski definition) is 1. The molecule has 0 fully saturated rings.